The highest BCUT2D eigenvalue weighted by Crippen LogP contribution is 2.10. The highest BCUT2D eigenvalue weighted by atomic mass is 16.2. The second kappa shape index (κ2) is 7.17. The third-order valence-electron chi connectivity index (χ3n) is 3.07. The lowest BCUT2D eigenvalue weighted by Crippen LogP contribution is -2.21. The fourth-order valence-corrected chi connectivity index (χ4v) is 1.91. The zero-order valence-corrected chi connectivity index (χ0v) is 12.2. The van der Waals surface area contributed by atoms with Gasteiger partial charge in [0, 0.05) is 17.0 Å². The molecule has 0 aromatic heterocycles. The quantitative estimate of drug-likeness (QED) is 0.385. The summed E-state index contributed by atoms with van der Waals surface area (Å²) >= 11 is 0. The van der Waals surface area contributed by atoms with E-state index in [9.17, 15) is 9.59 Å². The molecule has 2 aromatic rings. The first-order chi connectivity index (χ1) is 10.6. The molecule has 22 heavy (non-hydrogen) atoms. The van der Waals surface area contributed by atoms with Crippen LogP contribution in [0.4, 0.5) is 5.69 Å². The largest absolute Gasteiger partial charge is 0.398 e. The van der Waals surface area contributed by atoms with Gasteiger partial charge in [-0.2, -0.15) is 5.10 Å². The Kier molecular flexibility index (Phi) is 5.03. The number of nitrogen functional groups attached to an aromatic ring is 1. The lowest BCUT2D eigenvalue weighted by Gasteiger charge is -2.05. The number of amides is 1. The zero-order chi connectivity index (χ0) is 15.9. The van der Waals surface area contributed by atoms with Crippen LogP contribution < -0.4 is 11.2 Å². The lowest BCUT2D eigenvalue weighted by atomic mass is 10.1. The SMILES string of the molecule is CC(CC(=O)c1ccccc1)=NNC(=O)c1ccccc1N. The Morgan fingerprint density at radius 2 is 1.68 bits per heavy atom. The second-order valence-corrected chi connectivity index (χ2v) is 4.84. The van der Waals surface area contributed by atoms with Gasteiger partial charge in [-0.1, -0.05) is 42.5 Å². The van der Waals surface area contributed by atoms with Gasteiger partial charge in [-0.15, -0.1) is 0 Å². The molecular formula is C17H17N3O2. The van der Waals surface area contributed by atoms with Crippen LogP contribution in [0.15, 0.2) is 59.7 Å². The predicted octanol–water partition coefficient (Wildman–Crippen LogP) is 2.65. The minimum atomic E-state index is -0.399. The fraction of sp³-hybridized carbons (Fsp3) is 0.118. The highest BCUT2D eigenvalue weighted by molar-refractivity contribution is 6.09. The van der Waals surface area contributed by atoms with E-state index in [-0.39, 0.29) is 12.2 Å². The van der Waals surface area contributed by atoms with E-state index in [0.717, 1.165) is 0 Å². The van der Waals surface area contributed by atoms with Crippen LogP contribution in [0.5, 0.6) is 0 Å². The van der Waals surface area contributed by atoms with Gasteiger partial charge in [0.25, 0.3) is 5.91 Å². The zero-order valence-electron chi connectivity index (χ0n) is 12.2. The Morgan fingerprint density at radius 1 is 1.05 bits per heavy atom. The first-order valence-electron chi connectivity index (χ1n) is 6.84. The number of anilines is 1. The molecule has 0 atom stereocenters. The van der Waals surface area contributed by atoms with Crippen LogP contribution >= 0.6 is 0 Å². The summed E-state index contributed by atoms with van der Waals surface area (Å²) < 4.78 is 0. The van der Waals surface area contributed by atoms with Crippen molar-refractivity contribution in [1.29, 1.82) is 0 Å². The summed E-state index contributed by atoms with van der Waals surface area (Å²) in [7, 11) is 0. The van der Waals surface area contributed by atoms with Crippen LogP contribution in [0.2, 0.25) is 0 Å². The molecule has 5 nitrogen and oxygen atoms in total. The smallest absolute Gasteiger partial charge is 0.273 e. The second-order valence-electron chi connectivity index (χ2n) is 4.84. The van der Waals surface area contributed by atoms with Crippen LogP contribution in [0.25, 0.3) is 0 Å². The van der Waals surface area contributed by atoms with Crippen molar-refractivity contribution in [2.24, 2.45) is 5.10 Å². The lowest BCUT2D eigenvalue weighted by molar-refractivity contribution is 0.0951. The van der Waals surface area contributed by atoms with Crippen molar-refractivity contribution < 1.29 is 9.59 Å². The highest BCUT2D eigenvalue weighted by Gasteiger charge is 2.09. The number of hydrogen-bond donors (Lipinski definition) is 2. The van der Waals surface area contributed by atoms with Gasteiger partial charge in [0.2, 0.25) is 0 Å². The number of nitrogens with zero attached hydrogens (tertiary/aromatic N) is 1. The van der Waals surface area contributed by atoms with Gasteiger partial charge < -0.3 is 5.73 Å². The average Bonchev–Trinajstić information content (AvgIpc) is 2.54. The number of nitrogens with two attached hydrogens (primary N) is 1. The molecule has 0 saturated heterocycles. The van der Waals surface area contributed by atoms with E-state index >= 15 is 0 Å². The van der Waals surface area contributed by atoms with E-state index in [1.54, 1.807) is 55.5 Å². The normalized spacial score (nSPS) is 11.0. The molecule has 0 fully saturated rings. The van der Waals surface area contributed by atoms with Crippen LogP contribution in [-0.2, 0) is 0 Å². The van der Waals surface area contributed by atoms with Gasteiger partial charge in [-0.05, 0) is 19.1 Å². The summed E-state index contributed by atoms with van der Waals surface area (Å²) in [6.07, 6.45) is 0.147. The minimum Gasteiger partial charge on any atom is -0.398 e. The molecule has 1 amide bonds. The number of benzene rings is 2. The molecule has 5 heteroatoms. The number of ketones is 1. The molecule has 2 aromatic carbocycles. The van der Waals surface area contributed by atoms with Crippen LogP contribution in [0.1, 0.15) is 34.1 Å². The fourth-order valence-electron chi connectivity index (χ4n) is 1.91. The van der Waals surface area contributed by atoms with E-state index < -0.39 is 5.91 Å². The topological polar surface area (TPSA) is 84.5 Å². The number of carbonyl (C=O) groups excluding carboxylic acids is 2. The summed E-state index contributed by atoms with van der Waals surface area (Å²) in [5.74, 6) is -0.445. The van der Waals surface area contributed by atoms with Gasteiger partial charge in [0.15, 0.2) is 5.78 Å². The third kappa shape index (κ3) is 4.02. The van der Waals surface area contributed by atoms with Crippen molar-refractivity contribution in [2.75, 3.05) is 5.73 Å². The summed E-state index contributed by atoms with van der Waals surface area (Å²) in [6, 6.07) is 15.7. The molecule has 0 aliphatic carbocycles. The third-order valence-corrected chi connectivity index (χ3v) is 3.07. The molecule has 0 radical (unpaired) electrons. The van der Waals surface area contributed by atoms with Crippen molar-refractivity contribution in [3.8, 4) is 0 Å². The van der Waals surface area contributed by atoms with Gasteiger partial charge >= 0.3 is 0 Å². The summed E-state index contributed by atoms with van der Waals surface area (Å²) in [5, 5.41) is 3.95. The van der Waals surface area contributed by atoms with Gasteiger partial charge in [0.05, 0.1) is 12.0 Å². The molecule has 0 heterocycles. The minimum absolute atomic E-state index is 0.0460. The van der Waals surface area contributed by atoms with Gasteiger partial charge in [-0.25, -0.2) is 5.43 Å². The first-order valence-corrected chi connectivity index (χ1v) is 6.84. The van der Waals surface area contributed by atoms with Crippen LogP contribution in [0, 0.1) is 0 Å². The summed E-state index contributed by atoms with van der Waals surface area (Å²) in [6.45, 7) is 1.69. The molecule has 112 valence electrons. The molecule has 0 bridgehead atoms. The number of hydrazone groups is 1. The molecular weight excluding hydrogens is 278 g/mol. The Balaban J connectivity index is 1.97. The number of nitrogens with one attached hydrogen (secondary N) is 1. The van der Waals surface area contributed by atoms with Crippen LogP contribution in [-0.4, -0.2) is 17.4 Å². The molecule has 0 spiro atoms. The Hall–Kier alpha value is -2.95. The Morgan fingerprint density at radius 3 is 2.36 bits per heavy atom. The van der Waals surface area contributed by atoms with Crippen molar-refractivity contribution in [1.82, 2.24) is 5.43 Å². The van der Waals surface area contributed by atoms with Gasteiger partial charge in [0.1, 0.15) is 0 Å². The predicted molar refractivity (Wildman–Crippen MR) is 86.8 cm³/mol. The first kappa shape index (κ1) is 15.4. The molecule has 0 saturated carbocycles. The van der Waals surface area contributed by atoms with E-state index in [0.29, 0.717) is 22.5 Å². The van der Waals surface area contributed by atoms with E-state index in [2.05, 4.69) is 10.5 Å². The number of Topliss-reactive ketones (excluding diaryl/α,β-unsaturated/α-hetero) is 1. The maximum Gasteiger partial charge on any atom is 0.273 e. The average molecular weight is 295 g/mol. The number of rotatable bonds is 5. The molecule has 2 rings (SSSR count). The molecule has 3 N–H and O–H groups in total. The van der Waals surface area contributed by atoms with E-state index in [1.165, 1.54) is 0 Å². The number of carbonyl (C=O) groups is 2. The van der Waals surface area contributed by atoms with Crippen molar-refractivity contribution in [3.05, 3.63) is 65.7 Å². The molecule has 0 unspecified atom stereocenters. The Labute approximate surface area is 128 Å². The van der Waals surface area contributed by atoms with Gasteiger partial charge in [-0.3, -0.25) is 9.59 Å². The Bertz CT molecular complexity index is 709. The van der Waals surface area contributed by atoms with E-state index in [4.69, 9.17) is 5.73 Å². The number of para-hydroxylation sites is 1. The maximum absolute atomic E-state index is 12.0. The molecule has 0 aliphatic heterocycles. The van der Waals surface area contributed by atoms with E-state index in [1.807, 2.05) is 6.07 Å². The summed E-state index contributed by atoms with van der Waals surface area (Å²) in [5.41, 5.74) is 10.0. The van der Waals surface area contributed by atoms with Crippen molar-refractivity contribution >= 4 is 23.1 Å². The summed E-state index contributed by atoms with van der Waals surface area (Å²) in [4.78, 5) is 24.0. The monoisotopic (exact) mass is 295 g/mol. The number of hydrogen-bond acceptors (Lipinski definition) is 4. The maximum atomic E-state index is 12.0. The van der Waals surface area contributed by atoms with Crippen LogP contribution in [0.3, 0.4) is 0 Å². The van der Waals surface area contributed by atoms with Crippen molar-refractivity contribution in [3.63, 3.8) is 0 Å². The standard InChI is InChI=1S/C17H17N3O2/c1-12(11-16(21)13-7-3-2-4-8-13)19-20-17(22)14-9-5-6-10-15(14)18/h2-10H,11,18H2,1H3,(H,20,22). The van der Waals surface area contributed by atoms with Crippen molar-refractivity contribution in [2.45, 2.75) is 13.3 Å². The molecule has 0 aliphatic rings.